The van der Waals surface area contributed by atoms with Gasteiger partial charge in [0.2, 0.25) is 0 Å². The van der Waals surface area contributed by atoms with Crippen LogP contribution < -0.4 is 4.90 Å². The van der Waals surface area contributed by atoms with Crippen molar-refractivity contribution in [1.82, 2.24) is 14.3 Å². The number of amides is 1. The number of nitrogens with zero attached hydrogens (tertiary/aromatic N) is 4. The van der Waals surface area contributed by atoms with Crippen molar-refractivity contribution in [3.8, 4) is 0 Å². The highest BCUT2D eigenvalue weighted by molar-refractivity contribution is 5.88. The van der Waals surface area contributed by atoms with Gasteiger partial charge in [-0.15, -0.1) is 0 Å². The highest BCUT2D eigenvalue weighted by Gasteiger charge is 2.26. The Morgan fingerprint density at radius 1 is 1.15 bits per heavy atom. The van der Waals surface area contributed by atoms with Crippen LogP contribution in [-0.2, 0) is 9.47 Å². The summed E-state index contributed by atoms with van der Waals surface area (Å²) in [4.78, 5) is 32.4. The maximum absolute atomic E-state index is 12.2. The lowest BCUT2D eigenvalue weighted by molar-refractivity contribution is 0.0240. The van der Waals surface area contributed by atoms with E-state index in [0.29, 0.717) is 44.1 Å². The van der Waals surface area contributed by atoms with E-state index in [1.165, 1.54) is 6.20 Å². The number of carbonyl (C=O) groups excluding carboxylic acids is 2. The van der Waals surface area contributed by atoms with Crippen molar-refractivity contribution in [3.63, 3.8) is 0 Å². The number of hydrogen-bond acceptors (Lipinski definition) is 6. The molecule has 8 heteroatoms. The van der Waals surface area contributed by atoms with E-state index >= 15 is 0 Å². The molecule has 1 aliphatic heterocycles. The third-order valence-electron chi connectivity index (χ3n) is 4.27. The first kappa shape index (κ1) is 19.0. The molecular formula is C19H26N4O4. The first-order valence-corrected chi connectivity index (χ1v) is 9.15. The molecule has 1 fully saturated rings. The van der Waals surface area contributed by atoms with Crippen LogP contribution in [0.5, 0.6) is 0 Å². The Kier molecular flexibility index (Phi) is 5.25. The maximum Gasteiger partial charge on any atom is 0.410 e. The zero-order chi connectivity index (χ0) is 19.6. The zero-order valence-electron chi connectivity index (χ0n) is 16.3. The van der Waals surface area contributed by atoms with Crippen LogP contribution >= 0.6 is 0 Å². The summed E-state index contributed by atoms with van der Waals surface area (Å²) < 4.78 is 12.3. The van der Waals surface area contributed by atoms with Crippen LogP contribution in [0.2, 0.25) is 0 Å². The van der Waals surface area contributed by atoms with E-state index in [-0.39, 0.29) is 6.09 Å². The lowest BCUT2D eigenvalue weighted by atomic mass is 10.2. The Morgan fingerprint density at radius 2 is 1.85 bits per heavy atom. The highest BCUT2D eigenvalue weighted by atomic mass is 16.6. The second-order valence-electron chi connectivity index (χ2n) is 7.43. The molecule has 0 atom stereocenters. The second kappa shape index (κ2) is 7.46. The van der Waals surface area contributed by atoms with E-state index in [1.54, 1.807) is 16.2 Å². The van der Waals surface area contributed by atoms with Crippen molar-refractivity contribution < 1.29 is 19.1 Å². The predicted molar refractivity (Wildman–Crippen MR) is 101 cm³/mol. The SMILES string of the molecule is CCOC(=O)c1cnc2ccc(N3CCN(C(=O)OC(C)(C)C)CC3)cn12. The van der Waals surface area contributed by atoms with Crippen LogP contribution in [0.4, 0.5) is 10.5 Å². The van der Waals surface area contributed by atoms with Gasteiger partial charge in [-0.1, -0.05) is 0 Å². The van der Waals surface area contributed by atoms with Gasteiger partial charge >= 0.3 is 12.1 Å². The molecule has 2 aromatic heterocycles. The van der Waals surface area contributed by atoms with Crippen LogP contribution in [0.15, 0.2) is 24.5 Å². The fourth-order valence-electron chi connectivity index (χ4n) is 2.99. The maximum atomic E-state index is 12.2. The van der Waals surface area contributed by atoms with Crippen LogP contribution in [-0.4, -0.2) is 64.7 Å². The van der Waals surface area contributed by atoms with Crippen molar-refractivity contribution in [2.24, 2.45) is 0 Å². The molecule has 0 bridgehead atoms. The molecule has 3 rings (SSSR count). The molecule has 8 nitrogen and oxygen atoms in total. The molecule has 1 aliphatic rings. The topological polar surface area (TPSA) is 76.4 Å². The van der Waals surface area contributed by atoms with Crippen molar-refractivity contribution in [3.05, 3.63) is 30.2 Å². The van der Waals surface area contributed by atoms with Crippen LogP contribution in [0, 0.1) is 0 Å². The van der Waals surface area contributed by atoms with Crippen LogP contribution in [0.25, 0.3) is 5.65 Å². The molecule has 0 radical (unpaired) electrons. The molecule has 27 heavy (non-hydrogen) atoms. The van der Waals surface area contributed by atoms with Gasteiger partial charge in [-0.05, 0) is 39.8 Å². The molecule has 146 valence electrons. The molecule has 1 saturated heterocycles. The Labute approximate surface area is 158 Å². The molecule has 0 aromatic carbocycles. The number of hydrogen-bond donors (Lipinski definition) is 0. The first-order valence-electron chi connectivity index (χ1n) is 9.15. The van der Waals surface area contributed by atoms with Gasteiger partial charge in [0, 0.05) is 32.4 Å². The fourth-order valence-corrected chi connectivity index (χ4v) is 2.99. The zero-order valence-corrected chi connectivity index (χ0v) is 16.3. The molecular weight excluding hydrogens is 348 g/mol. The Hall–Kier alpha value is -2.77. The number of rotatable bonds is 3. The Bertz CT molecular complexity index is 832. The number of pyridine rings is 1. The summed E-state index contributed by atoms with van der Waals surface area (Å²) in [6, 6.07) is 3.85. The van der Waals surface area contributed by atoms with Gasteiger partial charge in [-0.3, -0.25) is 4.40 Å². The number of aromatic nitrogens is 2. The van der Waals surface area contributed by atoms with Gasteiger partial charge in [0.1, 0.15) is 11.2 Å². The number of piperazine rings is 1. The smallest absolute Gasteiger partial charge is 0.410 e. The third kappa shape index (κ3) is 4.32. The number of fused-ring (bicyclic) bond motifs is 1. The standard InChI is InChI=1S/C19H26N4O4/c1-5-26-17(24)15-12-20-16-7-6-14(13-23(15)16)21-8-10-22(11-9-21)18(25)27-19(2,3)4/h6-7,12-13H,5,8-11H2,1-4H3. The quantitative estimate of drug-likeness (QED) is 0.769. The molecule has 1 amide bonds. The normalized spacial score (nSPS) is 15.1. The van der Waals surface area contributed by atoms with Gasteiger partial charge in [0.05, 0.1) is 18.5 Å². The summed E-state index contributed by atoms with van der Waals surface area (Å²) in [5, 5.41) is 0. The number of imidazole rings is 1. The van der Waals surface area contributed by atoms with E-state index in [0.717, 1.165) is 5.69 Å². The molecule has 0 aliphatic carbocycles. The minimum absolute atomic E-state index is 0.281. The summed E-state index contributed by atoms with van der Waals surface area (Å²) in [5.41, 5.74) is 1.56. The Morgan fingerprint density at radius 3 is 2.48 bits per heavy atom. The summed E-state index contributed by atoms with van der Waals surface area (Å²) in [6.07, 6.45) is 3.13. The van der Waals surface area contributed by atoms with Gasteiger partial charge in [-0.2, -0.15) is 0 Å². The second-order valence-corrected chi connectivity index (χ2v) is 7.43. The number of esters is 1. The third-order valence-corrected chi connectivity index (χ3v) is 4.27. The average molecular weight is 374 g/mol. The van der Waals surface area contributed by atoms with Crippen LogP contribution in [0.3, 0.4) is 0 Å². The number of anilines is 1. The van der Waals surface area contributed by atoms with E-state index in [4.69, 9.17) is 9.47 Å². The van der Waals surface area contributed by atoms with E-state index in [2.05, 4.69) is 9.88 Å². The fraction of sp³-hybridized carbons (Fsp3) is 0.526. The van der Waals surface area contributed by atoms with Gasteiger partial charge in [0.15, 0.2) is 5.69 Å². The number of ether oxygens (including phenoxy) is 2. The van der Waals surface area contributed by atoms with Gasteiger partial charge < -0.3 is 19.3 Å². The predicted octanol–water partition coefficient (Wildman–Crippen LogP) is 2.57. The highest BCUT2D eigenvalue weighted by Crippen LogP contribution is 2.20. The molecule has 0 spiro atoms. The monoisotopic (exact) mass is 374 g/mol. The molecule has 3 heterocycles. The number of carbonyl (C=O) groups is 2. The average Bonchev–Trinajstić information content (AvgIpc) is 3.04. The van der Waals surface area contributed by atoms with Gasteiger partial charge in [-0.25, -0.2) is 14.6 Å². The summed E-state index contributed by atoms with van der Waals surface area (Å²) >= 11 is 0. The molecule has 0 N–H and O–H groups in total. The van der Waals surface area contributed by atoms with Crippen molar-refractivity contribution in [2.75, 3.05) is 37.7 Å². The van der Waals surface area contributed by atoms with Gasteiger partial charge in [0.25, 0.3) is 0 Å². The minimum Gasteiger partial charge on any atom is -0.461 e. The van der Waals surface area contributed by atoms with Crippen molar-refractivity contribution in [2.45, 2.75) is 33.3 Å². The summed E-state index contributed by atoms with van der Waals surface area (Å²) in [6.45, 7) is 10.2. The Balaban J connectivity index is 1.71. The van der Waals surface area contributed by atoms with Crippen molar-refractivity contribution in [1.29, 1.82) is 0 Å². The van der Waals surface area contributed by atoms with Crippen molar-refractivity contribution >= 4 is 23.4 Å². The summed E-state index contributed by atoms with van der Waals surface area (Å²) in [5.74, 6) is -0.392. The lowest BCUT2D eigenvalue weighted by Crippen LogP contribution is -2.50. The molecule has 2 aromatic rings. The molecule has 0 unspecified atom stereocenters. The lowest BCUT2D eigenvalue weighted by Gasteiger charge is -2.36. The van der Waals surface area contributed by atoms with E-state index in [1.807, 2.05) is 39.1 Å². The van der Waals surface area contributed by atoms with E-state index in [9.17, 15) is 9.59 Å². The molecule has 0 saturated carbocycles. The van der Waals surface area contributed by atoms with Crippen LogP contribution in [0.1, 0.15) is 38.2 Å². The largest absolute Gasteiger partial charge is 0.461 e. The summed E-state index contributed by atoms with van der Waals surface area (Å²) in [7, 11) is 0. The minimum atomic E-state index is -0.496. The first-order chi connectivity index (χ1) is 12.8. The van der Waals surface area contributed by atoms with E-state index < -0.39 is 11.6 Å².